The van der Waals surface area contributed by atoms with E-state index in [1.807, 2.05) is 13.0 Å². The summed E-state index contributed by atoms with van der Waals surface area (Å²) in [5, 5.41) is 18.3. The van der Waals surface area contributed by atoms with E-state index >= 15 is 0 Å². The Labute approximate surface area is 154 Å². The van der Waals surface area contributed by atoms with Crippen molar-refractivity contribution in [3.63, 3.8) is 0 Å². The van der Waals surface area contributed by atoms with E-state index in [9.17, 15) is 13.7 Å². The Kier molecular flexibility index (Phi) is 13.5. The molecule has 0 rings (SSSR count). The Morgan fingerprint density at radius 3 is 1.96 bits per heavy atom. The summed E-state index contributed by atoms with van der Waals surface area (Å²) in [7, 11) is -3.71. The topological polar surface area (TPSA) is 93.8 Å². The van der Waals surface area contributed by atoms with Crippen molar-refractivity contribution >= 4 is 10.0 Å². The predicted molar refractivity (Wildman–Crippen MR) is 102 cm³/mol. The molecule has 0 aliphatic heterocycles. The van der Waals surface area contributed by atoms with Gasteiger partial charge in [-0.1, -0.05) is 71.6 Å². The smallest absolute Gasteiger partial charge is 0.214 e. The summed E-state index contributed by atoms with van der Waals surface area (Å²) in [5.74, 6) is 0. The van der Waals surface area contributed by atoms with Gasteiger partial charge in [-0.2, -0.15) is 10.5 Å². The molecule has 25 heavy (non-hydrogen) atoms. The molecule has 0 aromatic rings. The highest BCUT2D eigenvalue weighted by Crippen LogP contribution is 2.30. The van der Waals surface area contributed by atoms with E-state index in [2.05, 4.69) is 17.7 Å². The fraction of sp³-hybridized carbons (Fsp3) is 0.895. The second-order valence-corrected chi connectivity index (χ2v) is 8.82. The molecular weight excluding hydrogens is 334 g/mol. The zero-order valence-electron chi connectivity index (χ0n) is 16.0. The van der Waals surface area contributed by atoms with Crippen molar-refractivity contribution in [2.24, 2.45) is 0 Å². The van der Waals surface area contributed by atoms with Crippen molar-refractivity contribution in [2.45, 2.75) is 102 Å². The molecule has 1 unspecified atom stereocenters. The van der Waals surface area contributed by atoms with Crippen LogP contribution in [0, 0.1) is 22.7 Å². The highest BCUT2D eigenvalue weighted by Gasteiger charge is 2.42. The van der Waals surface area contributed by atoms with Gasteiger partial charge >= 0.3 is 0 Å². The van der Waals surface area contributed by atoms with Crippen molar-refractivity contribution in [3.8, 4) is 12.1 Å². The van der Waals surface area contributed by atoms with Gasteiger partial charge in [0.05, 0.1) is 12.1 Å². The molecule has 0 saturated carbocycles. The summed E-state index contributed by atoms with van der Waals surface area (Å²) < 4.78 is 26.7. The number of nitrogens with zero attached hydrogens (tertiary/aromatic N) is 2. The van der Waals surface area contributed by atoms with E-state index < -0.39 is 14.8 Å². The lowest BCUT2D eigenvalue weighted by Gasteiger charge is -2.27. The maximum Gasteiger partial charge on any atom is 0.230 e. The molecule has 144 valence electrons. The first-order valence-corrected chi connectivity index (χ1v) is 11.3. The molecule has 1 N–H and O–H groups in total. The number of hydrogen-bond donors (Lipinski definition) is 1. The molecular formula is C19H35N3O2S. The third kappa shape index (κ3) is 9.23. The quantitative estimate of drug-likeness (QED) is 0.395. The second-order valence-electron chi connectivity index (χ2n) is 6.74. The summed E-state index contributed by atoms with van der Waals surface area (Å²) in [5.41, 5.74) is 0. The van der Waals surface area contributed by atoms with Crippen LogP contribution in [0.25, 0.3) is 0 Å². The molecule has 0 aliphatic carbocycles. The number of sulfonamides is 1. The molecule has 0 radical (unpaired) electrons. The molecule has 1 atom stereocenters. The number of rotatable bonds is 16. The monoisotopic (exact) mass is 369 g/mol. The zero-order valence-corrected chi connectivity index (χ0v) is 16.8. The summed E-state index contributed by atoms with van der Waals surface area (Å²) in [6, 6.07) is 4.13. The zero-order chi connectivity index (χ0) is 19.0. The Morgan fingerprint density at radius 2 is 1.40 bits per heavy atom. The Bertz CT molecular complexity index is 520. The van der Waals surface area contributed by atoms with Crippen LogP contribution in [-0.2, 0) is 10.0 Å². The van der Waals surface area contributed by atoms with E-state index in [1.54, 1.807) is 0 Å². The number of nitriles is 2. The summed E-state index contributed by atoms with van der Waals surface area (Å²) in [6.45, 7) is 4.41. The van der Waals surface area contributed by atoms with Crippen molar-refractivity contribution in [2.75, 3.05) is 6.54 Å². The Balaban J connectivity index is 4.70. The van der Waals surface area contributed by atoms with E-state index in [0.29, 0.717) is 25.7 Å². The van der Waals surface area contributed by atoms with Gasteiger partial charge in [-0.3, -0.25) is 0 Å². The van der Waals surface area contributed by atoms with Crippen molar-refractivity contribution in [1.82, 2.24) is 4.72 Å². The molecule has 0 heterocycles. The van der Waals surface area contributed by atoms with E-state index in [1.165, 1.54) is 25.7 Å². The van der Waals surface area contributed by atoms with Crippen molar-refractivity contribution in [3.05, 3.63) is 0 Å². The minimum Gasteiger partial charge on any atom is -0.214 e. The lowest BCUT2D eigenvalue weighted by atomic mass is 9.95. The van der Waals surface area contributed by atoms with E-state index in [0.717, 1.165) is 32.1 Å². The maximum absolute atomic E-state index is 12.7. The molecule has 5 nitrogen and oxygen atoms in total. The van der Waals surface area contributed by atoms with Crippen LogP contribution in [0.15, 0.2) is 0 Å². The summed E-state index contributed by atoms with van der Waals surface area (Å²) >= 11 is 0. The van der Waals surface area contributed by atoms with Crippen LogP contribution >= 0.6 is 0 Å². The normalized spacial score (nSPS) is 13.8. The lowest BCUT2D eigenvalue weighted by Crippen LogP contribution is -2.45. The molecule has 0 aromatic carbocycles. The van der Waals surface area contributed by atoms with Gasteiger partial charge in [0, 0.05) is 13.0 Å². The third-order valence-electron chi connectivity index (χ3n) is 4.59. The van der Waals surface area contributed by atoms with Gasteiger partial charge in [-0.25, -0.2) is 13.1 Å². The van der Waals surface area contributed by atoms with Gasteiger partial charge in [-0.05, 0) is 19.3 Å². The maximum atomic E-state index is 12.7. The minimum atomic E-state index is -3.71. The standard InChI is InChI=1S/C19H35N3O2S/c1-3-5-7-8-9-10-11-15-19(18-21,14-6-4-2)25(23,24)22-17-13-12-16-20/h22H,3-15,17H2,1-2H3. The summed E-state index contributed by atoms with van der Waals surface area (Å²) in [6.07, 6.45) is 10.9. The fourth-order valence-corrected chi connectivity index (χ4v) is 4.54. The van der Waals surface area contributed by atoms with Crippen molar-refractivity contribution in [1.29, 1.82) is 10.5 Å². The van der Waals surface area contributed by atoms with Gasteiger partial charge in [0.1, 0.15) is 0 Å². The van der Waals surface area contributed by atoms with Gasteiger partial charge in [-0.15, -0.1) is 0 Å². The first-order chi connectivity index (χ1) is 12.0. The molecule has 0 aromatic heterocycles. The average Bonchev–Trinajstić information content (AvgIpc) is 2.60. The van der Waals surface area contributed by atoms with Crippen LogP contribution in [0.2, 0.25) is 0 Å². The van der Waals surface area contributed by atoms with Crippen LogP contribution in [0.3, 0.4) is 0 Å². The van der Waals surface area contributed by atoms with Crippen LogP contribution in [0.5, 0.6) is 0 Å². The van der Waals surface area contributed by atoms with Gasteiger partial charge < -0.3 is 0 Å². The lowest BCUT2D eigenvalue weighted by molar-refractivity contribution is 0.469. The van der Waals surface area contributed by atoms with Gasteiger partial charge in [0.2, 0.25) is 10.0 Å². The first kappa shape index (κ1) is 23.9. The molecule has 0 amide bonds. The van der Waals surface area contributed by atoms with Gasteiger partial charge in [0.25, 0.3) is 0 Å². The summed E-state index contributed by atoms with van der Waals surface area (Å²) in [4.78, 5) is 0. The Morgan fingerprint density at radius 1 is 0.840 bits per heavy atom. The predicted octanol–water partition coefficient (Wildman–Crippen LogP) is 4.80. The van der Waals surface area contributed by atoms with Crippen LogP contribution in [0.1, 0.15) is 97.3 Å². The van der Waals surface area contributed by atoms with E-state index in [4.69, 9.17) is 5.26 Å². The molecule has 0 spiro atoms. The van der Waals surface area contributed by atoms with Crippen LogP contribution < -0.4 is 4.72 Å². The Hall–Kier alpha value is -1.11. The van der Waals surface area contributed by atoms with E-state index in [-0.39, 0.29) is 6.54 Å². The third-order valence-corrected chi connectivity index (χ3v) is 6.71. The van der Waals surface area contributed by atoms with Gasteiger partial charge in [0.15, 0.2) is 4.75 Å². The molecule has 0 fully saturated rings. The number of nitrogens with one attached hydrogen (secondary N) is 1. The average molecular weight is 370 g/mol. The SMILES string of the molecule is CCCCCCCCCC(C#N)(CCCC)S(=O)(=O)NCCCC#N. The number of hydrogen-bond acceptors (Lipinski definition) is 4. The molecule has 0 bridgehead atoms. The van der Waals surface area contributed by atoms with Crippen LogP contribution in [-0.4, -0.2) is 19.7 Å². The minimum absolute atomic E-state index is 0.225. The van der Waals surface area contributed by atoms with Crippen LogP contribution in [0.4, 0.5) is 0 Å². The second kappa shape index (κ2) is 14.1. The highest BCUT2D eigenvalue weighted by molar-refractivity contribution is 7.91. The molecule has 0 saturated heterocycles. The van der Waals surface area contributed by atoms with Crippen molar-refractivity contribution < 1.29 is 8.42 Å². The largest absolute Gasteiger partial charge is 0.230 e. The number of unbranched alkanes of at least 4 members (excludes halogenated alkanes) is 8. The molecule has 6 heteroatoms. The highest BCUT2D eigenvalue weighted by atomic mass is 32.2. The first-order valence-electron chi connectivity index (χ1n) is 9.77. The molecule has 0 aliphatic rings. The fourth-order valence-electron chi connectivity index (χ4n) is 2.91.